The fraction of sp³-hybridized carbons (Fsp3) is 0. The van der Waals surface area contributed by atoms with Gasteiger partial charge >= 0.3 is 0 Å². The molecule has 0 amide bonds. The van der Waals surface area contributed by atoms with E-state index >= 15 is 0 Å². The van der Waals surface area contributed by atoms with Crippen LogP contribution < -0.4 is 0 Å². The van der Waals surface area contributed by atoms with Crippen molar-refractivity contribution in [2.45, 2.75) is 0 Å². The summed E-state index contributed by atoms with van der Waals surface area (Å²) in [6.07, 6.45) is 0. The molecule has 0 saturated carbocycles. The van der Waals surface area contributed by atoms with Gasteiger partial charge in [-0.15, -0.1) is 0 Å². The van der Waals surface area contributed by atoms with E-state index in [-0.39, 0.29) is 0 Å². The molecule has 7 nitrogen and oxygen atoms in total. The molecular formula is C56H34N6O. The Labute approximate surface area is 360 Å². The first-order valence-electron chi connectivity index (χ1n) is 21.1. The lowest BCUT2D eigenvalue weighted by atomic mass is 10.0. The van der Waals surface area contributed by atoms with E-state index in [1.54, 1.807) is 0 Å². The third-order valence-corrected chi connectivity index (χ3v) is 12.2. The van der Waals surface area contributed by atoms with Crippen LogP contribution in [0.15, 0.2) is 211 Å². The maximum Gasteiger partial charge on any atom is 0.138 e. The summed E-state index contributed by atoms with van der Waals surface area (Å²) in [6.45, 7) is 0. The molecule has 0 aliphatic carbocycles. The number of pyridine rings is 4. The van der Waals surface area contributed by atoms with Crippen LogP contribution in [-0.2, 0) is 0 Å². The summed E-state index contributed by atoms with van der Waals surface area (Å²) in [6, 6.07) is 71.1. The zero-order valence-electron chi connectivity index (χ0n) is 33.7. The van der Waals surface area contributed by atoms with E-state index in [0.29, 0.717) is 0 Å². The highest BCUT2D eigenvalue weighted by atomic mass is 16.3. The smallest absolute Gasteiger partial charge is 0.138 e. The van der Waals surface area contributed by atoms with Crippen LogP contribution in [0.25, 0.3) is 122 Å². The number of aromatic nitrogens is 6. The van der Waals surface area contributed by atoms with Crippen LogP contribution in [0.4, 0.5) is 0 Å². The Morgan fingerprint density at radius 2 is 0.698 bits per heavy atom. The Morgan fingerprint density at radius 1 is 0.270 bits per heavy atom. The highest BCUT2D eigenvalue weighted by molar-refractivity contribution is 6.10. The number of rotatable bonds is 6. The van der Waals surface area contributed by atoms with Crippen molar-refractivity contribution in [2.24, 2.45) is 0 Å². The van der Waals surface area contributed by atoms with Crippen LogP contribution in [0.5, 0.6) is 0 Å². The van der Waals surface area contributed by atoms with Gasteiger partial charge < -0.3 is 4.42 Å². The lowest BCUT2D eigenvalue weighted by Gasteiger charge is -2.13. The molecule has 0 atom stereocenters. The molecule has 0 spiro atoms. The second-order valence-corrected chi connectivity index (χ2v) is 15.8. The molecule has 0 unspecified atom stereocenters. The molecule has 6 aromatic carbocycles. The van der Waals surface area contributed by atoms with E-state index in [2.05, 4.69) is 149 Å². The Hall–Kier alpha value is -8.68. The Kier molecular flexibility index (Phi) is 7.77. The predicted octanol–water partition coefficient (Wildman–Crippen LogP) is 14.0. The first-order chi connectivity index (χ1) is 31.2. The molecule has 13 aromatic rings. The van der Waals surface area contributed by atoms with Crippen molar-refractivity contribution < 1.29 is 4.42 Å². The zero-order valence-corrected chi connectivity index (χ0v) is 33.7. The molecular weight excluding hydrogens is 773 g/mol. The average Bonchev–Trinajstić information content (AvgIpc) is 4.02. The molecule has 7 aromatic heterocycles. The molecule has 0 aliphatic rings. The van der Waals surface area contributed by atoms with E-state index < -0.39 is 0 Å². The van der Waals surface area contributed by atoms with Gasteiger partial charge in [0.05, 0.1) is 56.2 Å². The molecule has 0 N–H and O–H groups in total. The normalized spacial score (nSPS) is 11.8. The standard InChI is InChI=1S/C56H34N6O/c1-6-24-49-37(14-1)38-15-2-7-25-50(38)61(49)55-29-13-23-46(59-55)45-21-11-19-43(57-45)44-20-12-22-47(58-44)48-32-36(35-30-31-42-41-18-5-10-28-53(41)63-54(42)33-35)34-56(60-48)62-51-26-8-3-16-39(51)40-17-4-9-27-52(40)62/h1-34H. The van der Waals surface area contributed by atoms with Gasteiger partial charge in [-0.1, -0.05) is 115 Å². The summed E-state index contributed by atoms with van der Waals surface area (Å²) >= 11 is 0. The second kappa shape index (κ2) is 13.9. The number of para-hydroxylation sites is 5. The minimum Gasteiger partial charge on any atom is -0.456 e. The highest BCUT2D eigenvalue weighted by Crippen LogP contribution is 2.37. The number of fused-ring (bicyclic) bond motifs is 9. The summed E-state index contributed by atoms with van der Waals surface area (Å²) in [5.41, 5.74) is 12.6. The summed E-state index contributed by atoms with van der Waals surface area (Å²) in [5.74, 6) is 1.63. The molecule has 63 heavy (non-hydrogen) atoms. The van der Waals surface area contributed by atoms with Gasteiger partial charge in [0.15, 0.2) is 0 Å². The van der Waals surface area contributed by atoms with Crippen molar-refractivity contribution in [1.82, 2.24) is 29.1 Å². The van der Waals surface area contributed by atoms with Crippen molar-refractivity contribution in [3.05, 3.63) is 206 Å². The maximum atomic E-state index is 6.37. The van der Waals surface area contributed by atoms with E-state index in [9.17, 15) is 0 Å². The molecule has 7 heteroatoms. The summed E-state index contributed by atoms with van der Waals surface area (Å²) in [5, 5.41) is 6.93. The fourth-order valence-corrected chi connectivity index (χ4v) is 9.30. The average molecular weight is 807 g/mol. The van der Waals surface area contributed by atoms with Gasteiger partial charge in [0, 0.05) is 32.3 Å². The topological polar surface area (TPSA) is 74.6 Å². The molecule has 13 rings (SSSR count). The number of benzene rings is 6. The lowest BCUT2D eigenvalue weighted by molar-refractivity contribution is 0.669. The van der Waals surface area contributed by atoms with Crippen molar-refractivity contribution >= 4 is 65.6 Å². The molecule has 0 saturated heterocycles. The SMILES string of the molecule is c1cc(-c2cccc(-c3cc(-c4ccc5c(c4)oc4ccccc45)cc(-n4c5ccccc5c5ccccc54)n3)n2)nc(-c2cccc(-n3c4ccccc4c4ccccc43)n2)c1. The van der Waals surface area contributed by atoms with E-state index in [4.69, 9.17) is 24.4 Å². The Morgan fingerprint density at radius 3 is 1.27 bits per heavy atom. The van der Waals surface area contributed by atoms with Crippen LogP contribution in [0, 0.1) is 0 Å². The third kappa shape index (κ3) is 5.67. The molecule has 0 radical (unpaired) electrons. The fourth-order valence-electron chi connectivity index (χ4n) is 9.30. The van der Waals surface area contributed by atoms with Crippen molar-refractivity contribution in [2.75, 3.05) is 0 Å². The van der Waals surface area contributed by atoms with E-state index in [1.165, 1.54) is 21.5 Å². The molecule has 7 heterocycles. The maximum absolute atomic E-state index is 6.37. The van der Waals surface area contributed by atoms with Gasteiger partial charge in [0.2, 0.25) is 0 Å². The first-order valence-corrected chi connectivity index (χ1v) is 21.1. The van der Waals surface area contributed by atoms with Gasteiger partial charge in [-0.25, -0.2) is 19.9 Å². The van der Waals surface area contributed by atoms with E-state index in [0.717, 1.165) is 101 Å². The van der Waals surface area contributed by atoms with Crippen LogP contribution in [-0.4, -0.2) is 29.1 Å². The van der Waals surface area contributed by atoms with Gasteiger partial charge in [0.25, 0.3) is 0 Å². The second-order valence-electron chi connectivity index (χ2n) is 15.8. The summed E-state index contributed by atoms with van der Waals surface area (Å²) in [4.78, 5) is 21.0. The zero-order chi connectivity index (χ0) is 41.4. The largest absolute Gasteiger partial charge is 0.456 e. The monoisotopic (exact) mass is 806 g/mol. The predicted molar refractivity (Wildman–Crippen MR) is 255 cm³/mol. The van der Waals surface area contributed by atoms with Crippen molar-refractivity contribution in [3.8, 4) is 56.9 Å². The van der Waals surface area contributed by atoms with Crippen LogP contribution in [0.3, 0.4) is 0 Å². The number of hydrogen-bond acceptors (Lipinski definition) is 5. The Balaban J connectivity index is 0.937. The highest BCUT2D eigenvalue weighted by Gasteiger charge is 2.18. The number of nitrogens with zero attached hydrogens (tertiary/aromatic N) is 6. The minimum absolute atomic E-state index is 0.736. The van der Waals surface area contributed by atoms with Gasteiger partial charge in [-0.05, 0) is 102 Å². The van der Waals surface area contributed by atoms with Crippen LogP contribution in [0.2, 0.25) is 0 Å². The number of furan rings is 1. The van der Waals surface area contributed by atoms with Crippen LogP contribution in [0.1, 0.15) is 0 Å². The lowest BCUT2D eigenvalue weighted by Crippen LogP contribution is -2.01. The van der Waals surface area contributed by atoms with Crippen molar-refractivity contribution in [1.29, 1.82) is 0 Å². The minimum atomic E-state index is 0.736. The molecule has 0 aliphatic heterocycles. The van der Waals surface area contributed by atoms with Gasteiger partial charge in [-0.2, -0.15) is 0 Å². The Bertz CT molecular complexity index is 3840. The molecule has 0 fully saturated rings. The third-order valence-electron chi connectivity index (χ3n) is 12.2. The van der Waals surface area contributed by atoms with Crippen molar-refractivity contribution in [3.63, 3.8) is 0 Å². The van der Waals surface area contributed by atoms with E-state index in [1.807, 2.05) is 66.7 Å². The van der Waals surface area contributed by atoms with Crippen LogP contribution >= 0.6 is 0 Å². The molecule has 294 valence electrons. The summed E-state index contributed by atoms with van der Waals surface area (Å²) < 4.78 is 10.9. The quantitative estimate of drug-likeness (QED) is 0.167. The summed E-state index contributed by atoms with van der Waals surface area (Å²) in [7, 11) is 0. The number of hydrogen-bond donors (Lipinski definition) is 0. The van der Waals surface area contributed by atoms with Gasteiger partial charge in [-0.3, -0.25) is 9.13 Å². The molecule has 0 bridgehead atoms. The van der Waals surface area contributed by atoms with Gasteiger partial charge in [0.1, 0.15) is 22.8 Å². The first kappa shape index (κ1) is 35.1.